The Morgan fingerprint density at radius 3 is 2.44 bits per heavy atom. The summed E-state index contributed by atoms with van der Waals surface area (Å²) in [7, 11) is 1.31. The van der Waals surface area contributed by atoms with Crippen LogP contribution < -0.4 is 4.90 Å². The Bertz CT molecular complexity index is 1400. The highest BCUT2D eigenvalue weighted by Gasteiger charge is 2.52. The third kappa shape index (κ3) is 5.51. The zero-order valence-corrected chi connectivity index (χ0v) is 23.6. The molecule has 5 rings (SSSR count). The molecule has 2 fully saturated rings. The molecule has 5 unspecified atom stereocenters. The van der Waals surface area contributed by atoms with E-state index in [1.165, 1.54) is 18.2 Å². The van der Waals surface area contributed by atoms with E-state index in [0.717, 1.165) is 26.9 Å². The number of aryl methyl sites for hydroxylation is 1. The molecule has 1 saturated heterocycles. The summed E-state index contributed by atoms with van der Waals surface area (Å²) in [6.45, 7) is 1.20. The number of nitrogens with zero attached hydrogens (tertiary/aromatic N) is 4. The number of aliphatic hydroxyl groups is 3. The molecule has 1 aromatic heterocycles. The molecule has 14 heteroatoms. The standard InChI is InChI=1S/C27H28BrF3N4O6/c1-12-5-14(28)9-15(6-12)35(19-3-4-20(19)37)27(39)26-25(40-2)23(24(38)21(11-36)41-26)34-10-18(32-33-34)13-7-16(29)22(31)17(30)8-13/h5-10,19-21,23-26,36-38H,3-4,11H2,1-2H3/t19-,20-,21?,23?,24?,25?,26?/m0/s1. The molecule has 0 spiro atoms. The number of rotatable bonds is 7. The molecule has 2 aromatic carbocycles. The second-order valence-corrected chi connectivity index (χ2v) is 11.1. The van der Waals surface area contributed by atoms with Crippen LogP contribution in [-0.2, 0) is 14.3 Å². The van der Waals surface area contributed by atoms with Gasteiger partial charge in [-0.1, -0.05) is 21.1 Å². The minimum absolute atomic E-state index is 0.0383. The van der Waals surface area contributed by atoms with Crippen molar-refractivity contribution in [1.82, 2.24) is 15.0 Å². The molecule has 0 bridgehead atoms. The minimum Gasteiger partial charge on any atom is -0.394 e. The number of aliphatic hydroxyl groups excluding tert-OH is 3. The van der Waals surface area contributed by atoms with Crippen molar-refractivity contribution in [3.63, 3.8) is 0 Å². The van der Waals surface area contributed by atoms with Crippen molar-refractivity contribution in [3.8, 4) is 11.3 Å². The smallest absolute Gasteiger partial charge is 0.259 e. The van der Waals surface area contributed by atoms with Gasteiger partial charge in [-0.15, -0.1) is 5.10 Å². The number of ether oxygens (including phenoxy) is 2. The van der Waals surface area contributed by atoms with Gasteiger partial charge in [0.25, 0.3) is 5.91 Å². The van der Waals surface area contributed by atoms with Crippen LogP contribution in [0.1, 0.15) is 24.4 Å². The van der Waals surface area contributed by atoms with Gasteiger partial charge in [0, 0.05) is 22.8 Å². The molecular formula is C27H28BrF3N4O6. The Kier molecular flexibility index (Phi) is 8.51. The highest BCUT2D eigenvalue weighted by molar-refractivity contribution is 9.10. The van der Waals surface area contributed by atoms with Gasteiger partial charge in [-0.25, -0.2) is 17.9 Å². The fraction of sp³-hybridized carbons (Fsp3) is 0.444. The maximum atomic E-state index is 14.2. The molecule has 1 amide bonds. The maximum absolute atomic E-state index is 14.2. The summed E-state index contributed by atoms with van der Waals surface area (Å²) in [5.74, 6) is -5.03. The van der Waals surface area contributed by atoms with Crippen LogP contribution >= 0.6 is 15.9 Å². The average Bonchev–Trinajstić information content (AvgIpc) is 3.42. The summed E-state index contributed by atoms with van der Waals surface area (Å²) in [5.41, 5.74) is 1.23. The summed E-state index contributed by atoms with van der Waals surface area (Å²) >= 11 is 3.45. The third-order valence-electron chi connectivity index (χ3n) is 7.55. The number of anilines is 1. The van der Waals surface area contributed by atoms with Crippen molar-refractivity contribution in [3.05, 3.63) is 64.0 Å². The highest BCUT2D eigenvalue weighted by Crippen LogP contribution is 2.38. The van der Waals surface area contributed by atoms with Crippen molar-refractivity contribution < 1.29 is 42.8 Å². The van der Waals surface area contributed by atoms with Gasteiger partial charge < -0.3 is 29.7 Å². The first-order valence-electron chi connectivity index (χ1n) is 12.9. The number of hydrogen-bond donors (Lipinski definition) is 3. The van der Waals surface area contributed by atoms with Gasteiger partial charge in [0.05, 0.1) is 24.9 Å². The van der Waals surface area contributed by atoms with E-state index < -0.39 is 72.6 Å². The predicted octanol–water partition coefficient (Wildman–Crippen LogP) is 2.67. The third-order valence-corrected chi connectivity index (χ3v) is 8.01. The molecule has 1 aliphatic heterocycles. The summed E-state index contributed by atoms with van der Waals surface area (Å²) in [4.78, 5) is 15.7. The molecule has 3 N–H and O–H groups in total. The zero-order chi connectivity index (χ0) is 29.6. The van der Waals surface area contributed by atoms with Gasteiger partial charge in [-0.2, -0.15) is 0 Å². The Labute approximate surface area is 241 Å². The van der Waals surface area contributed by atoms with Gasteiger partial charge in [0.2, 0.25) is 0 Å². The summed E-state index contributed by atoms with van der Waals surface area (Å²) in [6.07, 6.45) is -3.70. The molecule has 7 atom stereocenters. The SMILES string of the molecule is COC1C(C(=O)N(c2cc(C)cc(Br)c2)[C@H]2CC[C@@H]2O)OC(CO)C(O)C1n1cc(-c2cc(F)c(F)c(F)c2)nn1. The van der Waals surface area contributed by atoms with E-state index in [-0.39, 0.29) is 11.3 Å². The van der Waals surface area contributed by atoms with Crippen LogP contribution in [0.3, 0.4) is 0 Å². The van der Waals surface area contributed by atoms with Gasteiger partial charge in [-0.3, -0.25) is 4.79 Å². The van der Waals surface area contributed by atoms with Crippen LogP contribution in [0.15, 0.2) is 41.0 Å². The lowest BCUT2D eigenvalue weighted by molar-refractivity contribution is -0.211. The van der Waals surface area contributed by atoms with E-state index >= 15 is 0 Å². The fourth-order valence-electron chi connectivity index (χ4n) is 5.36. The molecule has 3 aromatic rings. The number of hydrogen-bond acceptors (Lipinski definition) is 8. The van der Waals surface area contributed by atoms with Crippen LogP contribution in [0.4, 0.5) is 18.9 Å². The summed E-state index contributed by atoms with van der Waals surface area (Å²) < 4.78 is 54.7. The number of aromatic nitrogens is 3. The molecule has 0 radical (unpaired) electrons. The Morgan fingerprint density at radius 2 is 1.88 bits per heavy atom. The molecule has 1 aliphatic carbocycles. The molecule has 2 heterocycles. The Morgan fingerprint density at radius 1 is 1.17 bits per heavy atom. The van der Waals surface area contributed by atoms with E-state index in [9.17, 15) is 33.3 Å². The van der Waals surface area contributed by atoms with Gasteiger partial charge >= 0.3 is 0 Å². The number of benzene rings is 2. The molecule has 10 nitrogen and oxygen atoms in total. The van der Waals surface area contributed by atoms with E-state index in [1.807, 2.05) is 13.0 Å². The van der Waals surface area contributed by atoms with E-state index in [0.29, 0.717) is 18.5 Å². The molecule has 220 valence electrons. The van der Waals surface area contributed by atoms with Crippen LogP contribution in [-0.4, -0.2) is 86.5 Å². The topological polar surface area (TPSA) is 130 Å². The lowest BCUT2D eigenvalue weighted by atomic mass is 9.85. The predicted molar refractivity (Wildman–Crippen MR) is 142 cm³/mol. The van der Waals surface area contributed by atoms with Gasteiger partial charge in [0.1, 0.15) is 30.0 Å². The van der Waals surface area contributed by atoms with Crippen molar-refractivity contribution >= 4 is 27.5 Å². The summed E-state index contributed by atoms with van der Waals surface area (Å²) in [5, 5.41) is 39.6. The van der Waals surface area contributed by atoms with Crippen molar-refractivity contribution in [1.29, 1.82) is 0 Å². The minimum atomic E-state index is -1.63. The average molecular weight is 641 g/mol. The van der Waals surface area contributed by atoms with Crippen LogP contribution in [0.5, 0.6) is 0 Å². The highest BCUT2D eigenvalue weighted by atomic mass is 79.9. The van der Waals surface area contributed by atoms with Gasteiger partial charge in [0.15, 0.2) is 23.6 Å². The second kappa shape index (κ2) is 11.8. The number of carbonyl (C=O) groups excluding carboxylic acids is 1. The van der Waals surface area contributed by atoms with Crippen molar-refractivity contribution in [2.45, 2.75) is 62.4 Å². The van der Waals surface area contributed by atoms with Crippen LogP contribution in [0, 0.1) is 24.4 Å². The zero-order valence-electron chi connectivity index (χ0n) is 22.0. The maximum Gasteiger partial charge on any atom is 0.259 e. The second-order valence-electron chi connectivity index (χ2n) is 10.2. The van der Waals surface area contributed by atoms with E-state index in [4.69, 9.17) is 9.47 Å². The first-order valence-corrected chi connectivity index (χ1v) is 13.7. The molecule has 2 aliphatic rings. The van der Waals surface area contributed by atoms with Crippen molar-refractivity contribution in [2.24, 2.45) is 0 Å². The normalized spacial score (nSPS) is 27.9. The lowest BCUT2D eigenvalue weighted by Gasteiger charge is -2.47. The van der Waals surface area contributed by atoms with Crippen LogP contribution in [0.25, 0.3) is 11.3 Å². The van der Waals surface area contributed by atoms with E-state index in [2.05, 4.69) is 26.2 Å². The number of halogens is 4. The first-order chi connectivity index (χ1) is 19.5. The van der Waals surface area contributed by atoms with E-state index in [1.54, 1.807) is 12.1 Å². The lowest BCUT2D eigenvalue weighted by Crippen LogP contribution is -2.64. The molecular weight excluding hydrogens is 613 g/mol. The van der Waals surface area contributed by atoms with Gasteiger partial charge in [-0.05, 0) is 55.7 Å². The first kappa shape index (κ1) is 29.6. The molecule has 1 saturated carbocycles. The van der Waals surface area contributed by atoms with Crippen LogP contribution in [0.2, 0.25) is 0 Å². The Balaban J connectivity index is 1.53. The summed E-state index contributed by atoms with van der Waals surface area (Å²) in [6, 6.07) is 5.22. The molecule has 41 heavy (non-hydrogen) atoms. The largest absolute Gasteiger partial charge is 0.394 e. The number of methoxy groups -OCH3 is 1. The fourth-order valence-corrected chi connectivity index (χ4v) is 5.95. The van der Waals surface area contributed by atoms with Crippen molar-refractivity contribution in [2.75, 3.05) is 18.6 Å². The number of carbonyl (C=O) groups is 1. The monoisotopic (exact) mass is 640 g/mol. The number of amides is 1. The quantitative estimate of drug-likeness (QED) is 0.336. The Hall–Kier alpha value is -2.88.